The monoisotopic (exact) mass is 312 g/mol. The predicted octanol–water partition coefficient (Wildman–Crippen LogP) is 3.00. The second-order valence-corrected chi connectivity index (χ2v) is 5.27. The van der Waals surface area contributed by atoms with Crippen LogP contribution in [0.15, 0.2) is 48.5 Å². The summed E-state index contributed by atoms with van der Waals surface area (Å²) in [4.78, 5) is 15.7. The topological polar surface area (TPSA) is 73.8 Å². The summed E-state index contributed by atoms with van der Waals surface area (Å²) in [7, 11) is 0. The molecule has 0 saturated heterocycles. The molecule has 0 aliphatic heterocycles. The van der Waals surface area contributed by atoms with Gasteiger partial charge in [-0.15, -0.1) is 5.10 Å². The highest BCUT2D eigenvalue weighted by molar-refractivity contribution is 6.30. The molecule has 3 aromatic rings. The van der Waals surface area contributed by atoms with Crippen LogP contribution in [0, 0.1) is 6.92 Å². The molecule has 110 valence electrons. The summed E-state index contributed by atoms with van der Waals surface area (Å²) in [6.07, 6.45) is 0. The SMILES string of the molecule is Cc1ccc(Cl)cc1-n1nc(C(N)=O)nc1-c1ccccc1. The Morgan fingerprint density at radius 2 is 1.91 bits per heavy atom. The van der Waals surface area contributed by atoms with E-state index in [0.717, 1.165) is 16.8 Å². The molecule has 0 radical (unpaired) electrons. The predicted molar refractivity (Wildman–Crippen MR) is 85.1 cm³/mol. The third kappa shape index (κ3) is 2.58. The third-order valence-corrected chi connectivity index (χ3v) is 3.49. The van der Waals surface area contributed by atoms with Gasteiger partial charge in [0.2, 0.25) is 5.82 Å². The zero-order valence-corrected chi connectivity index (χ0v) is 12.6. The lowest BCUT2D eigenvalue weighted by atomic mass is 10.2. The summed E-state index contributed by atoms with van der Waals surface area (Å²) < 4.78 is 1.59. The number of halogens is 1. The van der Waals surface area contributed by atoms with E-state index in [9.17, 15) is 4.79 Å². The molecule has 0 aliphatic carbocycles. The van der Waals surface area contributed by atoms with Crippen molar-refractivity contribution < 1.29 is 4.79 Å². The molecule has 22 heavy (non-hydrogen) atoms. The molecule has 0 atom stereocenters. The Hall–Kier alpha value is -2.66. The zero-order chi connectivity index (χ0) is 15.7. The van der Waals surface area contributed by atoms with Crippen LogP contribution in [0.3, 0.4) is 0 Å². The average molecular weight is 313 g/mol. The van der Waals surface area contributed by atoms with Crippen LogP contribution < -0.4 is 5.73 Å². The summed E-state index contributed by atoms with van der Waals surface area (Å²) >= 11 is 6.08. The molecule has 3 rings (SSSR count). The lowest BCUT2D eigenvalue weighted by Gasteiger charge is -2.09. The lowest BCUT2D eigenvalue weighted by Crippen LogP contribution is -2.13. The van der Waals surface area contributed by atoms with Crippen LogP contribution in [-0.4, -0.2) is 20.7 Å². The normalized spacial score (nSPS) is 10.6. The second kappa shape index (κ2) is 5.61. The summed E-state index contributed by atoms with van der Waals surface area (Å²) in [6, 6.07) is 14.9. The molecule has 0 spiro atoms. The Balaban J connectivity index is 2.26. The molecule has 2 N–H and O–H groups in total. The number of carbonyl (C=O) groups excluding carboxylic acids is 1. The first-order valence-electron chi connectivity index (χ1n) is 6.65. The van der Waals surface area contributed by atoms with Gasteiger partial charge in [-0.25, -0.2) is 9.67 Å². The molecule has 0 aliphatic rings. The maximum absolute atomic E-state index is 11.4. The molecule has 6 heteroatoms. The van der Waals surface area contributed by atoms with Crippen LogP contribution in [0.1, 0.15) is 16.2 Å². The van der Waals surface area contributed by atoms with Gasteiger partial charge in [-0.2, -0.15) is 0 Å². The highest BCUT2D eigenvalue weighted by atomic mass is 35.5. The lowest BCUT2D eigenvalue weighted by molar-refractivity contribution is 0.0990. The van der Waals surface area contributed by atoms with E-state index in [1.54, 1.807) is 16.8 Å². The van der Waals surface area contributed by atoms with E-state index in [0.29, 0.717) is 10.8 Å². The van der Waals surface area contributed by atoms with Crippen molar-refractivity contribution in [1.29, 1.82) is 0 Å². The number of hydrogen-bond acceptors (Lipinski definition) is 3. The van der Waals surface area contributed by atoms with E-state index < -0.39 is 5.91 Å². The van der Waals surface area contributed by atoms with Crippen molar-refractivity contribution in [2.24, 2.45) is 5.73 Å². The molecule has 1 amide bonds. The van der Waals surface area contributed by atoms with Gasteiger partial charge in [0, 0.05) is 10.6 Å². The highest BCUT2D eigenvalue weighted by Gasteiger charge is 2.17. The van der Waals surface area contributed by atoms with Crippen molar-refractivity contribution in [2.45, 2.75) is 6.92 Å². The molecule has 1 heterocycles. The van der Waals surface area contributed by atoms with Crippen molar-refractivity contribution in [3.05, 3.63) is 64.9 Å². The first-order valence-corrected chi connectivity index (χ1v) is 7.03. The maximum atomic E-state index is 11.4. The van der Waals surface area contributed by atoms with Crippen LogP contribution in [0.2, 0.25) is 5.02 Å². The molecule has 1 aromatic heterocycles. The van der Waals surface area contributed by atoms with Gasteiger partial charge >= 0.3 is 0 Å². The molecule has 2 aromatic carbocycles. The molecule has 0 unspecified atom stereocenters. The minimum Gasteiger partial charge on any atom is -0.363 e. The van der Waals surface area contributed by atoms with Gasteiger partial charge in [0.25, 0.3) is 5.91 Å². The number of rotatable bonds is 3. The van der Waals surface area contributed by atoms with E-state index >= 15 is 0 Å². The number of benzene rings is 2. The van der Waals surface area contributed by atoms with Gasteiger partial charge in [0.15, 0.2) is 5.82 Å². The van der Waals surface area contributed by atoms with E-state index in [1.165, 1.54) is 0 Å². The maximum Gasteiger partial charge on any atom is 0.288 e. The fraction of sp³-hybridized carbons (Fsp3) is 0.0625. The van der Waals surface area contributed by atoms with Crippen molar-refractivity contribution in [2.75, 3.05) is 0 Å². The van der Waals surface area contributed by atoms with Crippen LogP contribution in [0.25, 0.3) is 17.1 Å². The fourth-order valence-electron chi connectivity index (χ4n) is 2.17. The van der Waals surface area contributed by atoms with Crippen LogP contribution >= 0.6 is 11.6 Å². The number of aromatic nitrogens is 3. The zero-order valence-electron chi connectivity index (χ0n) is 11.8. The van der Waals surface area contributed by atoms with Crippen molar-refractivity contribution in [1.82, 2.24) is 14.8 Å². The number of aryl methyl sites for hydroxylation is 1. The molecule has 0 fully saturated rings. The van der Waals surface area contributed by atoms with Crippen molar-refractivity contribution in [3.8, 4) is 17.1 Å². The number of primary amides is 1. The Kier molecular flexibility index (Phi) is 3.65. The highest BCUT2D eigenvalue weighted by Crippen LogP contribution is 2.25. The molecule has 0 saturated carbocycles. The van der Waals surface area contributed by atoms with Gasteiger partial charge in [-0.05, 0) is 24.6 Å². The van der Waals surface area contributed by atoms with Crippen LogP contribution in [0.4, 0.5) is 0 Å². The number of nitrogens with zero attached hydrogens (tertiary/aromatic N) is 3. The smallest absolute Gasteiger partial charge is 0.288 e. The molecule has 0 bridgehead atoms. The first kappa shape index (κ1) is 14.3. The van der Waals surface area contributed by atoms with Gasteiger partial charge in [0.05, 0.1) is 5.69 Å². The number of amides is 1. The molecular weight excluding hydrogens is 300 g/mol. The number of nitrogens with two attached hydrogens (primary N) is 1. The Morgan fingerprint density at radius 3 is 2.59 bits per heavy atom. The Labute approximate surface area is 132 Å². The minimum absolute atomic E-state index is 0.0294. The van der Waals surface area contributed by atoms with E-state index in [-0.39, 0.29) is 5.82 Å². The van der Waals surface area contributed by atoms with Gasteiger partial charge < -0.3 is 5.73 Å². The number of carbonyl (C=O) groups is 1. The van der Waals surface area contributed by atoms with Crippen molar-refractivity contribution in [3.63, 3.8) is 0 Å². The molecule has 5 nitrogen and oxygen atoms in total. The van der Waals surface area contributed by atoms with Gasteiger partial charge in [-0.1, -0.05) is 48.0 Å². The van der Waals surface area contributed by atoms with Crippen LogP contribution in [-0.2, 0) is 0 Å². The quantitative estimate of drug-likeness (QED) is 0.808. The summed E-state index contributed by atoms with van der Waals surface area (Å²) in [6.45, 7) is 1.94. The largest absolute Gasteiger partial charge is 0.363 e. The number of hydrogen-bond donors (Lipinski definition) is 1. The second-order valence-electron chi connectivity index (χ2n) is 4.83. The van der Waals surface area contributed by atoms with E-state index in [1.807, 2.05) is 43.3 Å². The molecular formula is C16H13ClN4O. The van der Waals surface area contributed by atoms with Crippen molar-refractivity contribution >= 4 is 17.5 Å². The van der Waals surface area contributed by atoms with Gasteiger partial charge in [0.1, 0.15) is 0 Å². The van der Waals surface area contributed by atoms with E-state index in [4.69, 9.17) is 17.3 Å². The fourth-order valence-corrected chi connectivity index (χ4v) is 2.34. The third-order valence-electron chi connectivity index (χ3n) is 3.26. The Bertz CT molecular complexity index is 843. The Morgan fingerprint density at radius 1 is 1.18 bits per heavy atom. The summed E-state index contributed by atoms with van der Waals surface area (Å²) in [5, 5.41) is 4.81. The van der Waals surface area contributed by atoms with Gasteiger partial charge in [-0.3, -0.25) is 4.79 Å². The van der Waals surface area contributed by atoms with Crippen LogP contribution in [0.5, 0.6) is 0 Å². The first-order chi connectivity index (χ1) is 10.6. The van der Waals surface area contributed by atoms with E-state index in [2.05, 4.69) is 10.1 Å². The standard InChI is InChI=1S/C16H13ClN4O/c1-10-7-8-12(17)9-13(10)21-16(11-5-3-2-4-6-11)19-15(20-21)14(18)22/h2-9H,1H3,(H2,18,22). The summed E-state index contributed by atoms with van der Waals surface area (Å²) in [5.41, 5.74) is 7.87. The summed E-state index contributed by atoms with van der Waals surface area (Å²) in [5.74, 6) is -0.159. The minimum atomic E-state index is -0.671. The average Bonchev–Trinajstić information content (AvgIpc) is 2.96.